The summed E-state index contributed by atoms with van der Waals surface area (Å²) < 4.78 is 57.1. The number of carbonyl (C=O) groups excluding carboxylic acids is 1. The molecule has 0 radical (unpaired) electrons. The number of aromatic nitrogens is 2. The van der Waals surface area contributed by atoms with Gasteiger partial charge in [-0.25, -0.2) is 9.78 Å². The predicted octanol–water partition coefficient (Wildman–Crippen LogP) is 5.30. The lowest BCUT2D eigenvalue weighted by Gasteiger charge is -2.16. The van der Waals surface area contributed by atoms with Gasteiger partial charge in [0.15, 0.2) is 23.4 Å². The number of rotatable bonds is 8. The second-order valence-corrected chi connectivity index (χ2v) is 8.32. The molecular weight excluding hydrogens is 515 g/mol. The topological polar surface area (TPSA) is 92.0 Å². The number of hydrogen-bond donors (Lipinski definition) is 0. The minimum Gasteiger partial charge on any atom is -0.493 e. The lowest BCUT2D eigenvalue weighted by atomic mass is 10.1. The van der Waals surface area contributed by atoms with Gasteiger partial charge in [-0.15, -0.1) is 0 Å². The van der Waals surface area contributed by atoms with Gasteiger partial charge in [-0.1, -0.05) is 24.3 Å². The molecule has 39 heavy (non-hydrogen) atoms. The number of hydrogen-bond acceptors (Lipinski definition) is 7. The molecule has 0 bridgehead atoms. The Balaban J connectivity index is 1.76. The second kappa shape index (κ2) is 11.4. The molecule has 4 aromatic rings. The molecular formula is C28H24F3N3O5. The zero-order chi connectivity index (χ0) is 28.2. The maximum absolute atomic E-state index is 13.4. The predicted molar refractivity (Wildman–Crippen MR) is 139 cm³/mol. The van der Waals surface area contributed by atoms with Crippen LogP contribution < -0.4 is 15.0 Å². The highest BCUT2D eigenvalue weighted by molar-refractivity contribution is 5.83. The Morgan fingerprint density at radius 3 is 2.56 bits per heavy atom. The monoisotopic (exact) mass is 539 g/mol. The number of alkyl halides is 3. The summed E-state index contributed by atoms with van der Waals surface area (Å²) in [5.74, 6) is -0.0201. The fourth-order valence-electron chi connectivity index (χ4n) is 3.74. The molecule has 0 amide bonds. The molecule has 0 N–H and O–H groups in total. The van der Waals surface area contributed by atoms with Gasteiger partial charge < -0.3 is 14.2 Å². The zero-order valence-electron chi connectivity index (χ0n) is 21.2. The lowest BCUT2D eigenvalue weighted by Crippen LogP contribution is -2.26. The molecule has 0 saturated heterocycles. The van der Waals surface area contributed by atoms with Gasteiger partial charge >= 0.3 is 12.1 Å². The summed E-state index contributed by atoms with van der Waals surface area (Å²) >= 11 is 0. The van der Waals surface area contributed by atoms with Crippen LogP contribution in [0.1, 0.15) is 25.0 Å². The number of carbonyl (C=O) groups is 1. The fraction of sp³-hybridized carbons (Fsp3) is 0.214. The van der Waals surface area contributed by atoms with Crippen molar-refractivity contribution in [1.82, 2.24) is 9.66 Å². The van der Waals surface area contributed by atoms with Crippen molar-refractivity contribution in [1.29, 1.82) is 0 Å². The first-order chi connectivity index (χ1) is 18.6. The Bertz CT molecular complexity index is 1600. The van der Waals surface area contributed by atoms with Crippen molar-refractivity contribution in [2.75, 3.05) is 13.7 Å². The Morgan fingerprint density at radius 2 is 1.85 bits per heavy atom. The van der Waals surface area contributed by atoms with Gasteiger partial charge in [0.25, 0.3) is 5.56 Å². The average Bonchev–Trinajstić information content (AvgIpc) is 2.92. The van der Waals surface area contributed by atoms with Gasteiger partial charge in [0.1, 0.15) is 0 Å². The van der Waals surface area contributed by atoms with Crippen LogP contribution in [0.25, 0.3) is 22.3 Å². The minimum absolute atomic E-state index is 0.0590. The van der Waals surface area contributed by atoms with Crippen LogP contribution in [0.5, 0.6) is 11.5 Å². The van der Waals surface area contributed by atoms with Gasteiger partial charge in [-0.05, 0) is 61.9 Å². The Kier molecular flexibility index (Phi) is 7.99. The first kappa shape index (κ1) is 27.4. The molecule has 4 rings (SSSR count). The highest BCUT2D eigenvalue weighted by Crippen LogP contribution is 2.32. The molecule has 0 unspecified atom stereocenters. The van der Waals surface area contributed by atoms with E-state index in [4.69, 9.17) is 14.2 Å². The zero-order valence-corrected chi connectivity index (χ0v) is 21.2. The van der Waals surface area contributed by atoms with Gasteiger partial charge in [-0.3, -0.25) is 4.79 Å². The van der Waals surface area contributed by atoms with Gasteiger partial charge in [0, 0.05) is 5.56 Å². The van der Waals surface area contributed by atoms with E-state index in [1.54, 1.807) is 56.3 Å². The molecule has 1 atom stereocenters. The number of benzene rings is 3. The van der Waals surface area contributed by atoms with E-state index >= 15 is 0 Å². The molecule has 0 spiro atoms. The summed E-state index contributed by atoms with van der Waals surface area (Å²) in [6.45, 7) is 3.44. The van der Waals surface area contributed by atoms with E-state index in [9.17, 15) is 22.8 Å². The number of esters is 1. The van der Waals surface area contributed by atoms with Crippen molar-refractivity contribution in [2.45, 2.75) is 26.1 Å². The summed E-state index contributed by atoms with van der Waals surface area (Å²) in [7, 11) is 1.42. The summed E-state index contributed by atoms with van der Waals surface area (Å²) in [4.78, 5) is 29.7. The fourth-order valence-corrected chi connectivity index (χ4v) is 3.74. The van der Waals surface area contributed by atoms with Crippen LogP contribution in [0.2, 0.25) is 0 Å². The highest BCUT2D eigenvalue weighted by atomic mass is 19.4. The SMILES string of the molecule is CCOC(=O)[C@@H](C)Oc1ccc(C=Nn2c(-c3cccc(C(F)(F)F)c3)nc3ccccc3c2=O)cc1OC. The Morgan fingerprint density at radius 1 is 1.08 bits per heavy atom. The summed E-state index contributed by atoms with van der Waals surface area (Å²) in [6.07, 6.45) is -4.11. The van der Waals surface area contributed by atoms with Crippen LogP contribution in [0.4, 0.5) is 13.2 Å². The molecule has 0 aliphatic heterocycles. The molecule has 0 aliphatic rings. The Labute approximate surface area is 221 Å². The number of ether oxygens (including phenoxy) is 3. The van der Waals surface area contributed by atoms with Crippen molar-refractivity contribution in [2.24, 2.45) is 5.10 Å². The van der Waals surface area contributed by atoms with E-state index in [0.29, 0.717) is 11.1 Å². The number of nitrogens with zero attached hydrogens (tertiary/aromatic N) is 3. The molecule has 3 aromatic carbocycles. The van der Waals surface area contributed by atoms with E-state index in [1.165, 1.54) is 25.5 Å². The number of fused-ring (bicyclic) bond motifs is 1. The standard InChI is InChI=1S/C28H24F3N3O5/c1-4-38-27(36)17(2)39-23-13-12-18(14-24(23)37-3)16-32-34-25(19-8-7-9-20(15-19)28(29,30)31)33-22-11-6-5-10-21(22)26(34)35/h5-17H,4H2,1-3H3/t17-/m1/s1. The second-order valence-electron chi connectivity index (χ2n) is 8.32. The van der Waals surface area contributed by atoms with E-state index in [1.807, 2.05) is 0 Å². The first-order valence-electron chi connectivity index (χ1n) is 11.9. The summed E-state index contributed by atoms with van der Waals surface area (Å²) in [5.41, 5.74) is -0.563. The molecule has 1 heterocycles. The summed E-state index contributed by atoms with van der Waals surface area (Å²) in [5, 5.41) is 4.53. The molecule has 11 heteroatoms. The normalized spacial score (nSPS) is 12.5. The Hall–Kier alpha value is -4.67. The molecule has 0 fully saturated rings. The van der Waals surface area contributed by atoms with E-state index in [-0.39, 0.29) is 34.9 Å². The largest absolute Gasteiger partial charge is 0.493 e. The lowest BCUT2D eigenvalue weighted by molar-refractivity contribution is -0.150. The van der Waals surface area contributed by atoms with Gasteiger partial charge in [0.2, 0.25) is 0 Å². The van der Waals surface area contributed by atoms with Crippen LogP contribution in [0.15, 0.2) is 76.6 Å². The third-order valence-corrected chi connectivity index (χ3v) is 5.63. The molecule has 1 aromatic heterocycles. The molecule has 202 valence electrons. The maximum atomic E-state index is 13.4. The smallest absolute Gasteiger partial charge is 0.416 e. The van der Waals surface area contributed by atoms with Crippen LogP contribution in [0.3, 0.4) is 0 Å². The number of para-hydroxylation sites is 1. The molecule has 0 saturated carbocycles. The van der Waals surface area contributed by atoms with E-state index in [2.05, 4.69) is 10.1 Å². The van der Waals surface area contributed by atoms with Gasteiger partial charge in [0.05, 0.1) is 36.4 Å². The minimum atomic E-state index is -4.58. The third-order valence-electron chi connectivity index (χ3n) is 5.63. The van der Waals surface area contributed by atoms with Crippen molar-refractivity contribution < 1.29 is 32.2 Å². The van der Waals surface area contributed by atoms with Crippen molar-refractivity contribution in [3.8, 4) is 22.9 Å². The van der Waals surface area contributed by atoms with Crippen LogP contribution in [-0.2, 0) is 15.7 Å². The van der Waals surface area contributed by atoms with Crippen LogP contribution in [-0.4, -0.2) is 41.7 Å². The maximum Gasteiger partial charge on any atom is 0.416 e. The average molecular weight is 540 g/mol. The van der Waals surface area contributed by atoms with Crippen LogP contribution >= 0.6 is 0 Å². The molecule has 8 nitrogen and oxygen atoms in total. The van der Waals surface area contributed by atoms with Crippen molar-refractivity contribution >= 4 is 23.1 Å². The van der Waals surface area contributed by atoms with Gasteiger partial charge in [-0.2, -0.15) is 22.9 Å². The number of halogens is 3. The van der Waals surface area contributed by atoms with Crippen molar-refractivity contribution in [3.05, 3.63) is 88.2 Å². The summed E-state index contributed by atoms with van der Waals surface area (Å²) in [6, 6.07) is 15.8. The quantitative estimate of drug-likeness (QED) is 0.223. The van der Waals surface area contributed by atoms with Crippen LogP contribution in [0, 0.1) is 0 Å². The van der Waals surface area contributed by atoms with E-state index < -0.39 is 29.4 Å². The first-order valence-corrected chi connectivity index (χ1v) is 11.9. The molecule has 0 aliphatic carbocycles. The third kappa shape index (κ3) is 6.08. The van der Waals surface area contributed by atoms with E-state index in [0.717, 1.165) is 16.8 Å². The highest BCUT2D eigenvalue weighted by Gasteiger charge is 2.31. The van der Waals surface area contributed by atoms with Crippen molar-refractivity contribution in [3.63, 3.8) is 0 Å². The number of methoxy groups -OCH3 is 1.